The van der Waals surface area contributed by atoms with Gasteiger partial charge < -0.3 is 5.73 Å². The van der Waals surface area contributed by atoms with Gasteiger partial charge in [-0.25, -0.2) is 13.4 Å². The quantitative estimate of drug-likeness (QED) is 0.673. The van der Waals surface area contributed by atoms with Gasteiger partial charge in [0, 0.05) is 5.69 Å². The maximum Gasteiger partial charge on any atom is 0.261 e. The first kappa shape index (κ1) is 13.9. The van der Waals surface area contributed by atoms with Crippen LogP contribution in [0.1, 0.15) is 0 Å². The Kier molecular flexibility index (Phi) is 3.84. The highest BCUT2D eigenvalue weighted by Gasteiger charge is 2.14. The molecular formula is C11H9Cl2N3O2S. The molecule has 1 aromatic carbocycles. The summed E-state index contributed by atoms with van der Waals surface area (Å²) in [6.07, 6.45) is 0. The Morgan fingerprint density at radius 2 is 1.58 bits per heavy atom. The van der Waals surface area contributed by atoms with Gasteiger partial charge in [-0.2, -0.15) is 0 Å². The summed E-state index contributed by atoms with van der Waals surface area (Å²) in [6.45, 7) is 0. The lowest BCUT2D eigenvalue weighted by molar-refractivity contribution is 0.601. The van der Waals surface area contributed by atoms with Crippen LogP contribution in [0.2, 0.25) is 10.3 Å². The number of hydrogen-bond donors (Lipinski definition) is 2. The van der Waals surface area contributed by atoms with E-state index in [-0.39, 0.29) is 20.9 Å². The van der Waals surface area contributed by atoms with Crippen molar-refractivity contribution in [2.45, 2.75) is 4.90 Å². The highest BCUT2D eigenvalue weighted by Crippen LogP contribution is 2.22. The minimum Gasteiger partial charge on any atom is -0.399 e. The number of hydrogen-bond acceptors (Lipinski definition) is 4. The molecular weight excluding hydrogens is 309 g/mol. The summed E-state index contributed by atoms with van der Waals surface area (Å²) in [6, 6.07) is 8.54. The van der Waals surface area contributed by atoms with Gasteiger partial charge in [-0.15, -0.1) is 0 Å². The third-order valence-corrected chi connectivity index (χ3v) is 3.99. The van der Waals surface area contributed by atoms with E-state index in [9.17, 15) is 8.42 Å². The second-order valence-electron chi connectivity index (χ2n) is 3.68. The van der Waals surface area contributed by atoms with E-state index in [0.717, 1.165) is 0 Å². The van der Waals surface area contributed by atoms with Gasteiger partial charge in [0.1, 0.15) is 10.3 Å². The predicted octanol–water partition coefficient (Wildman–Crippen LogP) is 2.77. The van der Waals surface area contributed by atoms with Crippen molar-refractivity contribution in [1.82, 2.24) is 4.98 Å². The monoisotopic (exact) mass is 317 g/mol. The van der Waals surface area contributed by atoms with Crippen LogP contribution in [-0.2, 0) is 10.0 Å². The molecule has 19 heavy (non-hydrogen) atoms. The first-order valence-electron chi connectivity index (χ1n) is 5.08. The third-order valence-electron chi connectivity index (χ3n) is 2.21. The summed E-state index contributed by atoms with van der Waals surface area (Å²) in [4.78, 5) is 3.82. The van der Waals surface area contributed by atoms with Crippen molar-refractivity contribution in [2.75, 3.05) is 10.5 Å². The van der Waals surface area contributed by atoms with Crippen LogP contribution < -0.4 is 10.5 Å². The molecule has 2 aromatic rings. The lowest BCUT2D eigenvalue weighted by atomic mass is 10.3. The molecule has 0 aliphatic carbocycles. The van der Waals surface area contributed by atoms with Crippen LogP contribution >= 0.6 is 23.2 Å². The smallest absolute Gasteiger partial charge is 0.261 e. The Balaban J connectivity index is 2.33. The molecule has 0 bridgehead atoms. The number of nitrogens with one attached hydrogen (secondary N) is 1. The van der Waals surface area contributed by atoms with Crippen LogP contribution in [0.15, 0.2) is 41.3 Å². The van der Waals surface area contributed by atoms with Crippen LogP contribution in [0.3, 0.4) is 0 Å². The van der Waals surface area contributed by atoms with E-state index < -0.39 is 10.0 Å². The Hall–Kier alpha value is -1.50. The number of nitrogens with two attached hydrogens (primary N) is 1. The standard InChI is InChI=1S/C11H9Cl2N3O2S/c12-10-5-8(6-11(13)15-10)16-19(17,18)9-3-1-7(14)2-4-9/h1-6H,14H2,(H,15,16). The fourth-order valence-corrected chi connectivity index (χ4v) is 2.89. The number of anilines is 2. The summed E-state index contributed by atoms with van der Waals surface area (Å²) >= 11 is 11.4. The van der Waals surface area contributed by atoms with Crippen molar-refractivity contribution < 1.29 is 8.42 Å². The van der Waals surface area contributed by atoms with E-state index >= 15 is 0 Å². The molecule has 0 fully saturated rings. The van der Waals surface area contributed by atoms with Crippen LogP contribution in [0.5, 0.6) is 0 Å². The normalized spacial score (nSPS) is 11.3. The number of benzene rings is 1. The largest absolute Gasteiger partial charge is 0.399 e. The molecule has 0 spiro atoms. The summed E-state index contributed by atoms with van der Waals surface area (Å²) in [5.41, 5.74) is 6.22. The molecule has 1 heterocycles. The van der Waals surface area contributed by atoms with E-state index in [1.54, 1.807) is 0 Å². The molecule has 1 aromatic heterocycles. The van der Waals surface area contributed by atoms with E-state index in [1.807, 2.05) is 0 Å². The topological polar surface area (TPSA) is 85.1 Å². The molecule has 8 heteroatoms. The third kappa shape index (κ3) is 3.50. The number of pyridine rings is 1. The maximum atomic E-state index is 12.1. The molecule has 0 aliphatic rings. The zero-order valence-corrected chi connectivity index (χ0v) is 11.8. The summed E-state index contributed by atoms with van der Waals surface area (Å²) < 4.78 is 26.5. The first-order valence-corrected chi connectivity index (χ1v) is 7.32. The zero-order valence-electron chi connectivity index (χ0n) is 9.47. The summed E-state index contributed by atoms with van der Waals surface area (Å²) in [5, 5.41) is 0.199. The molecule has 0 radical (unpaired) electrons. The number of nitrogens with zero attached hydrogens (tertiary/aromatic N) is 1. The van der Waals surface area contributed by atoms with Crippen molar-refractivity contribution in [1.29, 1.82) is 0 Å². The number of aromatic nitrogens is 1. The van der Waals surface area contributed by atoms with Gasteiger partial charge in [0.2, 0.25) is 0 Å². The van der Waals surface area contributed by atoms with Crippen molar-refractivity contribution in [3.63, 3.8) is 0 Å². The lowest BCUT2D eigenvalue weighted by Crippen LogP contribution is -2.13. The predicted molar refractivity (Wildman–Crippen MR) is 75.9 cm³/mol. The van der Waals surface area contributed by atoms with Gasteiger partial charge in [0.05, 0.1) is 10.6 Å². The van der Waals surface area contributed by atoms with Crippen LogP contribution in [0.25, 0.3) is 0 Å². The van der Waals surface area contributed by atoms with Gasteiger partial charge in [0.25, 0.3) is 10.0 Å². The number of sulfonamides is 1. The van der Waals surface area contributed by atoms with Gasteiger partial charge in [-0.1, -0.05) is 23.2 Å². The molecule has 100 valence electrons. The van der Waals surface area contributed by atoms with Crippen molar-refractivity contribution in [3.8, 4) is 0 Å². The average Bonchev–Trinajstić information content (AvgIpc) is 2.27. The first-order chi connectivity index (χ1) is 8.87. The Morgan fingerprint density at radius 1 is 1.05 bits per heavy atom. The van der Waals surface area contributed by atoms with E-state index in [0.29, 0.717) is 5.69 Å². The molecule has 0 unspecified atom stereocenters. The van der Waals surface area contributed by atoms with E-state index in [4.69, 9.17) is 28.9 Å². The Bertz CT molecular complexity index is 682. The second-order valence-corrected chi connectivity index (χ2v) is 6.13. The average molecular weight is 318 g/mol. The van der Waals surface area contributed by atoms with Crippen molar-refractivity contribution in [2.24, 2.45) is 0 Å². The van der Waals surface area contributed by atoms with Crippen LogP contribution in [0.4, 0.5) is 11.4 Å². The Labute approximate surface area is 120 Å². The van der Waals surface area contributed by atoms with Gasteiger partial charge >= 0.3 is 0 Å². The molecule has 0 saturated carbocycles. The molecule has 5 nitrogen and oxygen atoms in total. The molecule has 3 N–H and O–H groups in total. The van der Waals surface area contributed by atoms with Crippen molar-refractivity contribution in [3.05, 3.63) is 46.7 Å². The van der Waals surface area contributed by atoms with E-state index in [1.165, 1.54) is 36.4 Å². The van der Waals surface area contributed by atoms with Crippen LogP contribution in [-0.4, -0.2) is 13.4 Å². The van der Waals surface area contributed by atoms with E-state index in [2.05, 4.69) is 9.71 Å². The minimum atomic E-state index is -3.71. The second kappa shape index (κ2) is 5.24. The fraction of sp³-hybridized carbons (Fsp3) is 0. The minimum absolute atomic E-state index is 0.0887. The maximum absolute atomic E-state index is 12.1. The summed E-state index contributed by atoms with van der Waals surface area (Å²) in [5.74, 6) is 0. The van der Waals surface area contributed by atoms with Gasteiger partial charge in [-0.3, -0.25) is 4.72 Å². The molecule has 0 saturated heterocycles. The fourth-order valence-electron chi connectivity index (χ4n) is 1.38. The molecule has 2 rings (SSSR count). The van der Waals surface area contributed by atoms with Crippen LogP contribution in [0, 0.1) is 0 Å². The highest BCUT2D eigenvalue weighted by atomic mass is 35.5. The van der Waals surface area contributed by atoms with Gasteiger partial charge in [-0.05, 0) is 36.4 Å². The summed E-state index contributed by atoms with van der Waals surface area (Å²) in [7, 11) is -3.71. The molecule has 0 aliphatic heterocycles. The number of rotatable bonds is 3. The Morgan fingerprint density at radius 3 is 2.11 bits per heavy atom. The number of nitrogen functional groups attached to an aromatic ring is 1. The zero-order chi connectivity index (χ0) is 14.0. The van der Waals surface area contributed by atoms with Crippen molar-refractivity contribution >= 4 is 44.6 Å². The SMILES string of the molecule is Nc1ccc(S(=O)(=O)Nc2cc(Cl)nc(Cl)c2)cc1. The number of halogens is 2. The molecule has 0 atom stereocenters. The molecule has 0 amide bonds. The highest BCUT2D eigenvalue weighted by molar-refractivity contribution is 7.92. The van der Waals surface area contributed by atoms with Gasteiger partial charge in [0.15, 0.2) is 0 Å². The lowest BCUT2D eigenvalue weighted by Gasteiger charge is -2.08.